The van der Waals surface area contributed by atoms with Crippen LogP contribution < -0.4 is 16.0 Å². The largest absolute Gasteiger partial charge is 0.497 e. The first kappa shape index (κ1) is 23.1. The van der Waals surface area contributed by atoms with E-state index in [1.807, 2.05) is 0 Å². The Kier molecular flexibility index (Phi) is 5.92. The molecule has 0 amide bonds. The molecule has 2 heterocycles. The van der Waals surface area contributed by atoms with E-state index >= 15 is 4.39 Å². The van der Waals surface area contributed by atoms with Crippen molar-refractivity contribution in [3.05, 3.63) is 87.0 Å². The first-order valence-electron chi connectivity index (χ1n) is 10.4. The fourth-order valence-electron chi connectivity index (χ4n) is 3.86. The van der Waals surface area contributed by atoms with Crippen molar-refractivity contribution in [2.75, 3.05) is 7.11 Å². The van der Waals surface area contributed by atoms with Crippen molar-refractivity contribution in [1.29, 1.82) is 0 Å². The van der Waals surface area contributed by atoms with Crippen molar-refractivity contribution >= 4 is 16.3 Å². The summed E-state index contributed by atoms with van der Waals surface area (Å²) in [5, 5.41) is 13.8. The van der Waals surface area contributed by atoms with E-state index in [0.29, 0.717) is 22.3 Å². The van der Waals surface area contributed by atoms with Crippen LogP contribution in [-0.2, 0) is 13.2 Å². The first-order chi connectivity index (χ1) is 16.2. The van der Waals surface area contributed by atoms with E-state index in [0.717, 1.165) is 15.3 Å². The Morgan fingerprint density at radius 3 is 2.44 bits per heavy atom. The normalized spacial score (nSPS) is 11.2. The fourth-order valence-corrected chi connectivity index (χ4v) is 3.86. The van der Waals surface area contributed by atoms with Crippen molar-refractivity contribution in [2.45, 2.75) is 27.0 Å². The summed E-state index contributed by atoms with van der Waals surface area (Å²) in [7, 11) is 1.42. The van der Waals surface area contributed by atoms with E-state index < -0.39 is 29.5 Å². The minimum Gasteiger partial charge on any atom is -0.497 e. The average molecular weight is 468 g/mol. The minimum atomic E-state index is -0.881. The molecule has 0 saturated heterocycles. The molecular formula is C24H22F2N4O4. The SMILES string of the molecule is C=C(C)c1cn(-c2cc(OC)ccc2F)c(=O)c2cc(F)c(-n3nc(CO)n(CC)c3=O)cc12. The number of fused-ring (bicyclic) bond motifs is 1. The van der Waals surface area contributed by atoms with Gasteiger partial charge in [0.15, 0.2) is 5.82 Å². The molecule has 0 saturated carbocycles. The molecule has 176 valence electrons. The Hall–Kier alpha value is -4.05. The van der Waals surface area contributed by atoms with E-state index in [-0.39, 0.29) is 29.1 Å². The highest BCUT2D eigenvalue weighted by molar-refractivity contribution is 5.94. The van der Waals surface area contributed by atoms with Crippen LogP contribution in [0.2, 0.25) is 0 Å². The lowest BCUT2D eigenvalue weighted by molar-refractivity contribution is 0.264. The Morgan fingerprint density at radius 1 is 1.12 bits per heavy atom. The molecule has 0 aliphatic heterocycles. The number of allylic oxidation sites excluding steroid dienone is 1. The molecule has 34 heavy (non-hydrogen) atoms. The van der Waals surface area contributed by atoms with Crippen LogP contribution in [-0.4, -0.2) is 31.1 Å². The number of methoxy groups -OCH3 is 1. The summed E-state index contributed by atoms with van der Waals surface area (Å²) in [5.74, 6) is -1.13. The van der Waals surface area contributed by atoms with Gasteiger partial charge in [0, 0.05) is 24.4 Å². The highest BCUT2D eigenvalue weighted by Crippen LogP contribution is 2.28. The molecule has 2 aromatic heterocycles. The number of halogens is 2. The van der Waals surface area contributed by atoms with Gasteiger partial charge in [-0.25, -0.2) is 13.6 Å². The highest BCUT2D eigenvalue weighted by atomic mass is 19.1. The van der Waals surface area contributed by atoms with Gasteiger partial charge in [-0.15, -0.1) is 5.10 Å². The molecule has 0 fully saturated rings. The van der Waals surface area contributed by atoms with Crippen molar-refractivity contribution < 1.29 is 18.6 Å². The highest BCUT2D eigenvalue weighted by Gasteiger charge is 2.20. The first-order valence-corrected chi connectivity index (χ1v) is 10.4. The molecular weight excluding hydrogens is 446 g/mol. The molecule has 0 unspecified atom stereocenters. The van der Waals surface area contributed by atoms with Crippen molar-refractivity contribution in [1.82, 2.24) is 18.9 Å². The summed E-state index contributed by atoms with van der Waals surface area (Å²) >= 11 is 0. The number of rotatable bonds is 6. The number of hydrogen-bond donors (Lipinski definition) is 1. The third kappa shape index (κ3) is 3.61. The third-order valence-electron chi connectivity index (χ3n) is 5.58. The van der Waals surface area contributed by atoms with Crippen LogP contribution in [0.5, 0.6) is 5.75 Å². The number of aliphatic hydroxyl groups is 1. The molecule has 1 N–H and O–H groups in total. The molecule has 4 aromatic rings. The predicted molar refractivity (Wildman–Crippen MR) is 124 cm³/mol. The Bertz CT molecular complexity index is 1570. The molecule has 4 rings (SSSR count). The Labute approximate surface area is 192 Å². The van der Waals surface area contributed by atoms with E-state index in [1.54, 1.807) is 13.8 Å². The maximum Gasteiger partial charge on any atom is 0.350 e. The van der Waals surface area contributed by atoms with Gasteiger partial charge in [0.05, 0.1) is 18.2 Å². The van der Waals surface area contributed by atoms with Gasteiger partial charge in [-0.2, -0.15) is 4.68 Å². The maximum atomic E-state index is 15.2. The molecule has 0 aliphatic rings. The van der Waals surface area contributed by atoms with Crippen LogP contribution in [0.25, 0.3) is 27.7 Å². The van der Waals surface area contributed by atoms with Crippen molar-refractivity contribution in [3.63, 3.8) is 0 Å². The van der Waals surface area contributed by atoms with Crippen LogP contribution in [0, 0.1) is 11.6 Å². The van der Waals surface area contributed by atoms with Gasteiger partial charge in [0.25, 0.3) is 5.56 Å². The van der Waals surface area contributed by atoms with E-state index in [2.05, 4.69) is 11.7 Å². The monoisotopic (exact) mass is 468 g/mol. The smallest absolute Gasteiger partial charge is 0.350 e. The zero-order valence-corrected chi connectivity index (χ0v) is 18.8. The molecule has 0 atom stereocenters. The number of benzene rings is 2. The topological polar surface area (TPSA) is 91.3 Å². The number of aliphatic hydroxyl groups excluding tert-OH is 1. The van der Waals surface area contributed by atoms with Gasteiger partial charge in [-0.05, 0) is 49.1 Å². The van der Waals surface area contributed by atoms with Gasteiger partial charge in [0.2, 0.25) is 0 Å². The summed E-state index contributed by atoms with van der Waals surface area (Å²) in [4.78, 5) is 26.1. The van der Waals surface area contributed by atoms with Gasteiger partial charge in [-0.1, -0.05) is 6.58 Å². The van der Waals surface area contributed by atoms with Crippen molar-refractivity contribution in [3.8, 4) is 17.1 Å². The lowest BCUT2D eigenvalue weighted by atomic mass is 10.0. The number of ether oxygens (including phenoxy) is 1. The predicted octanol–water partition coefficient (Wildman–Crippen LogP) is 3.17. The van der Waals surface area contributed by atoms with Gasteiger partial charge >= 0.3 is 5.69 Å². The third-order valence-corrected chi connectivity index (χ3v) is 5.58. The second-order valence-corrected chi connectivity index (χ2v) is 7.68. The minimum absolute atomic E-state index is 0.0330. The lowest BCUT2D eigenvalue weighted by Crippen LogP contribution is -2.25. The number of aromatic nitrogens is 4. The standard InChI is InChI=1S/C24H22F2N4O4/c1-5-28-22(12-31)27-30(24(28)33)21-10-15-16(9-19(21)26)23(32)29(11-17(15)13(2)3)20-8-14(34-4)6-7-18(20)25/h6-11,31H,2,5,12H2,1,3-4H3. The van der Waals surface area contributed by atoms with Gasteiger partial charge in [-0.3, -0.25) is 13.9 Å². The molecule has 0 radical (unpaired) electrons. The zero-order chi connectivity index (χ0) is 24.7. The average Bonchev–Trinajstić information content (AvgIpc) is 3.14. The van der Waals surface area contributed by atoms with E-state index in [1.165, 1.54) is 42.1 Å². The summed E-state index contributed by atoms with van der Waals surface area (Å²) in [5.41, 5.74) is -0.575. The van der Waals surface area contributed by atoms with Crippen LogP contribution in [0.3, 0.4) is 0 Å². The number of nitrogens with zero attached hydrogens (tertiary/aromatic N) is 4. The van der Waals surface area contributed by atoms with Crippen LogP contribution in [0.4, 0.5) is 8.78 Å². The van der Waals surface area contributed by atoms with Gasteiger partial charge in [0.1, 0.15) is 29.7 Å². The van der Waals surface area contributed by atoms with Crippen LogP contribution in [0.1, 0.15) is 25.2 Å². The lowest BCUT2D eigenvalue weighted by Gasteiger charge is -2.15. The van der Waals surface area contributed by atoms with Crippen LogP contribution in [0.15, 0.2) is 52.7 Å². The summed E-state index contributed by atoms with van der Waals surface area (Å²) in [6.45, 7) is 7.06. The molecule has 10 heteroatoms. The Balaban J connectivity index is 2.06. The van der Waals surface area contributed by atoms with Gasteiger partial charge < -0.3 is 9.84 Å². The molecule has 8 nitrogen and oxygen atoms in total. The molecule has 0 spiro atoms. The quantitative estimate of drug-likeness (QED) is 0.470. The summed E-state index contributed by atoms with van der Waals surface area (Å²) in [6, 6.07) is 6.28. The van der Waals surface area contributed by atoms with E-state index in [4.69, 9.17) is 4.74 Å². The second kappa shape index (κ2) is 8.71. The second-order valence-electron chi connectivity index (χ2n) is 7.68. The van der Waals surface area contributed by atoms with Crippen LogP contribution >= 0.6 is 0 Å². The fraction of sp³-hybridized carbons (Fsp3) is 0.208. The summed E-state index contributed by atoms with van der Waals surface area (Å²) < 4.78 is 38.2. The number of pyridine rings is 1. The molecule has 0 aliphatic carbocycles. The zero-order valence-electron chi connectivity index (χ0n) is 18.8. The molecule has 2 aromatic carbocycles. The maximum absolute atomic E-state index is 15.2. The van der Waals surface area contributed by atoms with Crippen molar-refractivity contribution in [2.24, 2.45) is 0 Å². The Morgan fingerprint density at radius 2 is 1.85 bits per heavy atom. The summed E-state index contributed by atoms with van der Waals surface area (Å²) in [6.07, 6.45) is 1.42. The van der Waals surface area contributed by atoms with E-state index in [9.17, 15) is 19.1 Å². The number of hydrogen-bond acceptors (Lipinski definition) is 5. The molecule has 0 bridgehead atoms.